The first-order valence-corrected chi connectivity index (χ1v) is 8.99. The molecule has 0 saturated heterocycles. The molecule has 28 heavy (non-hydrogen) atoms. The van der Waals surface area contributed by atoms with Gasteiger partial charge < -0.3 is 15.2 Å². The van der Waals surface area contributed by atoms with Gasteiger partial charge in [-0.05, 0) is 41.8 Å². The van der Waals surface area contributed by atoms with Crippen LogP contribution in [0.25, 0.3) is 5.69 Å². The van der Waals surface area contributed by atoms with Crippen LogP contribution < -0.4 is 10.6 Å². The Kier molecular flexibility index (Phi) is 8.72. The number of imidazole rings is 1. The summed E-state index contributed by atoms with van der Waals surface area (Å²) in [5.41, 5.74) is 2.46. The first-order chi connectivity index (χ1) is 13.2. The number of nitrogens with zero attached hydrogens (tertiary/aromatic N) is 3. The second kappa shape index (κ2) is 11.0. The highest BCUT2D eigenvalue weighted by atomic mass is 127. The van der Waals surface area contributed by atoms with Gasteiger partial charge >= 0.3 is 0 Å². The molecule has 0 amide bonds. The van der Waals surface area contributed by atoms with E-state index in [1.165, 1.54) is 6.07 Å². The Morgan fingerprint density at radius 2 is 2.04 bits per heavy atom. The first kappa shape index (κ1) is 22.2. The minimum atomic E-state index is -0.295. The van der Waals surface area contributed by atoms with E-state index in [9.17, 15) is 4.39 Å². The summed E-state index contributed by atoms with van der Waals surface area (Å²) in [4.78, 5) is 8.14. The molecule has 0 fully saturated rings. The van der Waals surface area contributed by atoms with Crippen molar-refractivity contribution in [2.24, 2.45) is 4.99 Å². The van der Waals surface area contributed by atoms with Crippen LogP contribution in [0.1, 0.15) is 11.1 Å². The average Bonchev–Trinajstić information content (AvgIpc) is 3.19. The van der Waals surface area contributed by atoms with Gasteiger partial charge in [0.25, 0.3) is 0 Å². The molecule has 148 valence electrons. The quantitative estimate of drug-likeness (QED) is 0.295. The predicted molar refractivity (Wildman–Crippen MR) is 122 cm³/mol. The molecule has 0 radical (unpaired) electrons. The van der Waals surface area contributed by atoms with E-state index in [-0.39, 0.29) is 29.8 Å². The molecule has 2 N–H and O–H groups in total. The largest absolute Gasteiger partial charge is 0.356 e. The topological polar surface area (TPSA) is 54.2 Å². The molecule has 0 aliphatic rings. The Bertz CT molecular complexity index is 915. The highest BCUT2D eigenvalue weighted by Gasteiger charge is 2.06. The van der Waals surface area contributed by atoms with Gasteiger partial charge in [-0.15, -0.1) is 24.0 Å². The van der Waals surface area contributed by atoms with Crippen LogP contribution in [0.2, 0.25) is 5.02 Å². The summed E-state index contributed by atoms with van der Waals surface area (Å²) in [7, 11) is 1.71. The lowest BCUT2D eigenvalue weighted by atomic mass is 10.1. The molecule has 0 atom stereocenters. The Labute approximate surface area is 186 Å². The highest BCUT2D eigenvalue weighted by molar-refractivity contribution is 14.0. The van der Waals surface area contributed by atoms with E-state index in [0.29, 0.717) is 24.7 Å². The van der Waals surface area contributed by atoms with E-state index in [4.69, 9.17) is 11.6 Å². The van der Waals surface area contributed by atoms with Crippen molar-refractivity contribution in [3.05, 3.63) is 83.2 Å². The fourth-order valence-electron chi connectivity index (χ4n) is 2.70. The van der Waals surface area contributed by atoms with Gasteiger partial charge in [0.05, 0.1) is 12.0 Å². The molecular weight excluding hydrogens is 492 g/mol. The van der Waals surface area contributed by atoms with E-state index in [2.05, 4.69) is 20.6 Å². The smallest absolute Gasteiger partial charge is 0.191 e. The molecule has 0 unspecified atom stereocenters. The van der Waals surface area contributed by atoms with Gasteiger partial charge in [0, 0.05) is 37.6 Å². The summed E-state index contributed by atoms with van der Waals surface area (Å²) < 4.78 is 16.0. The van der Waals surface area contributed by atoms with Crippen molar-refractivity contribution in [2.75, 3.05) is 13.6 Å². The molecule has 0 bridgehead atoms. The van der Waals surface area contributed by atoms with Crippen LogP contribution in [0.15, 0.2) is 66.2 Å². The van der Waals surface area contributed by atoms with Crippen LogP contribution in [0.5, 0.6) is 0 Å². The average molecular weight is 514 g/mol. The zero-order valence-electron chi connectivity index (χ0n) is 15.4. The van der Waals surface area contributed by atoms with Crippen LogP contribution in [0.4, 0.5) is 4.39 Å². The van der Waals surface area contributed by atoms with Crippen molar-refractivity contribution < 1.29 is 4.39 Å². The molecule has 0 aliphatic carbocycles. The van der Waals surface area contributed by atoms with Gasteiger partial charge in [-0.1, -0.05) is 29.8 Å². The molecule has 2 aromatic carbocycles. The number of aromatic nitrogens is 2. The molecule has 1 heterocycles. The molecule has 0 saturated carbocycles. The Balaban J connectivity index is 0.00000280. The summed E-state index contributed by atoms with van der Waals surface area (Å²) >= 11 is 6.00. The summed E-state index contributed by atoms with van der Waals surface area (Å²) in [5.74, 6) is 0.368. The summed E-state index contributed by atoms with van der Waals surface area (Å²) in [6.07, 6.45) is 5.73. The maximum Gasteiger partial charge on any atom is 0.191 e. The van der Waals surface area contributed by atoms with E-state index in [1.54, 1.807) is 36.4 Å². The summed E-state index contributed by atoms with van der Waals surface area (Å²) in [5, 5.41) is 7.17. The molecule has 5 nitrogen and oxygen atoms in total. The third kappa shape index (κ3) is 6.20. The van der Waals surface area contributed by atoms with Gasteiger partial charge in [-0.2, -0.15) is 0 Å². The van der Waals surface area contributed by atoms with Crippen molar-refractivity contribution in [3.63, 3.8) is 0 Å². The van der Waals surface area contributed by atoms with Gasteiger partial charge in [-0.25, -0.2) is 9.37 Å². The van der Waals surface area contributed by atoms with Crippen molar-refractivity contribution in [3.8, 4) is 5.69 Å². The molecule has 0 spiro atoms. The molecule has 8 heteroatoms. The SMILES string of the molecule is CN=C(NCCc1cccc(Cl)c1)NCc1ccc(-n2ccnc2)c(F)c1.I. The number of aliphatic imine (C=N–C) groups is 1. The second-order valence-corrected chi connectivity index (χ2v) is 6.42. The molecular formula is C20H22ClFIN5. The van der Waals surface area contributed by atoms with Gasteiger partial charge in [-0.3, -0.25) is 4.99 Å². The monoisotopic (exact) mass is 513 g/mol. The van der Waals surface area contributed by atoms with E-state index < -0.39 is 0 Å². The number of guanidine groups is 1. The van der Waals surface area contributed by atoms with E-state index >= 15 is 0 Å². The fraction of sp³-hybridized carbons (Fsp3) is 0.200. The van der Waals surface area contributed by atoms with Gasteiger partial charge in [0.2, 0.25) is 0 Å². The fourth-order valence-corrected chi connectivity index (χ4v) is 2.91. The standard InChI is InChI=1S/C20H21ClFN5.HI/c1-23-20(25-8-7-15-3-2-4-17(21)11-15)26-13-16-5-6-19(18(22)12-16)27-10-9-24-14-27;/h2-6,9-12,14H,7-8,13H2,1H3,(H2,23,25,26);1H. The molecule has 0 aliphatic heterocycles. The number of benzene rings is 2. The Morgan fingerprint density at radius 1 is 1.18 bits per heavy atom. The van der Waals surface area contributed by atoms with Crippen LogP contribution >= 0.6 is 35.6 Å². The van der Waals surface area contributed by atoms with Crippen LogP contribution in [0, 0.1) is 5.82 Å². The maximum absolute atomic E-state index is 14.3. The number of nitrogens with one attached hydrogen (secondary N) is 2. The zero-order valence-corrected chi connectivity index (χ0v) is 18.5. The Hall–Kier alpha value is -2.13. The number of rotatable bonds is 6. The van der Waals surface area contributed by atoms with Crippen molar-refractivity contribution in [2.45, 2.75) is 13.0 Å². The summed E-state index contributed by atoms with van der Waals surface area (Å²) in [6, 6.07) is 12.9. The third-order valence-electron chi connectivity index (χ3n) is 4.07. The zero-order chi connectivity index (χ0) is 19.1. The van der Waals surface area contributed by atoms with Crippen LogP contribution in [0.3, 0.4) is 0 Å². The molecule has 3 rings (SSSR count). The van der Waals surface area contributed by atoms with Crippen molar-refractivity contribution in [1.29, 1.82) is 0 Å². The van der Waals surface area contributed by atoms with Gasteiger partial charge in [0.1, 0.15) is 5.82 Å². The predicted octanol–water partition coefficient (Wildman–Crippen LogP) is 4.19. The lowest BCUT2D eigenvalue weighted by Crippen LogP contribution is -2.37. The van der Waals surface area contributed by atoms with Crippen LogP contribution in [-0.2, 0) is 13.0 Å². The number of hydrogen-bond acceptors (Lipinski definition) is 2. The lowest BCUT2D eigenvalue weighted by molar-refractivity contribution is 0.615. The van der Waals surface area contributed by atoms with Crippen molar-refractivity contribution >= 4 is 41.5 Å². The first-order valence-electron chi connectivity index (χ1n) is 8.61. The third-order valence-corrected chi connectivity index (χ3v) is 4.31. The normalized spacial score (nSPS) is 11.0. The van der Waals surface area contributed by atoms with E-state index in [0.717, 1.165) is 22.6 Å². The molecule has 1 aromatic heterocycles. The lowest BCUT2D eigenvalue weighted by Gasteiger charge is -2.13. The maximum atomic E-state index is 14.3. The minimum absolute atomic E-state index is 0. The second-order valence-electron chi connectivity index (χ2n) is 5.99. The number of hydrogen-bond donors (Lipinski definition) is 2. The number of halogens is 3. The van der Waals surface area contributed by atoms with Crippen molar-refractivity contribution in [1.82, 2.24) is 20.2 Å². The molecule has 3 aromatic rings. The van der Waals surface area contributed by atoms with E-state index in [1.807, 2.05) is 30.3 Å². The van der Waals surface area contributed by atoms with Crippen LogP contribution in [-0.4, -0.2) is 29.1 Å². The van der Waals surface area contributed by atoms with Gasteiger partial charge in [0.15, 0.2) is 5.96 Å². The highest BCUT2D eigenvalue weighted by Crippen LogP contribution is 2.15. The Morgan fingerprint density at radius 3 is 2.71 bits per heavy atom. The summed E-state index contributed by atoms with van der Waals surface area (Å²) in [6.45, 7) is 1.19. The minimum Gasteiger partial charge on any atom is -0.356 e.